The fourth-order valence-corrected chi connectivity index (χ4v) is 3.03. The summed E-state index contributed by atoms with van der Waals surface area (Å²) in [6.45, 7) is 0. The van der Waals surface area contributed by atoms with Crippen LogP contribution in [0.4, 0.5) is 5.69 Å². The molecule has 7 heteroatoms. The lowest BCUT2D eigenvalue weighted by molar-refractivity contribution is -0.113. The largest absolute Gasteiger partial charge is 0.508 e. The number of nitrogens with one attached hydrogen (secondary N) is 1. The smallest absolute Gasteiger partial charge is 0.234 e. The van der Waals surface area contributed by atoms with Gasteiger partial charge >= 0.3 is 0 Å². The Hall–Kier alpha value is -2.38. The third-order valence-electron chi connectivity index (χ3n) is 3.22. The van der Waals surface area contributed by atoms with Crippen molar-refractivity contribution in [3.63, 3.8) is 0 Å². The van der Waals surface area contributed by atoms with Crippen LogP contribution in [0.15, 0.2) is 70.3 Å². The minimum atomic E-state index is -0.123. The average Bonchev–Trinajstić information content (AvgIpc) is 2.62. The van der Waals surface area contributed by atoms with Gasteiger partial charge in [0.05, 0.1) is 23.8 Å². The van der Waals surface area contributed by atoms with Gasteiger partial charge in [0.15, 0.2) is 5.82 Å². The number of aromatic nitrogens is 2. The van der Waals surface area contributed by atoms with Crippen LogP contribution >= 0.6 is 27.7 Å². The van der Waals surface area contributed by atoms with Crippen LogP contribution in [0.5, 0.6) is 5.75 Å². The molecule has 25 heavy (non-hydrogen) atoms. The van der Waals surface area contributed by atoms with Crippen LogP contribution in [-0.2, 0) is 4.79 Å². The average molecular weight is 416 g/mol. The van der Waals surface area contributed by atoms with E-state index in [1.165, 1.54) is 11.8 Å². The number of aromatic hydroxyl groups is 1. The van der Waals surface area contributed by atoms with E-state index in [9.17, 15) is 9.90 Å². The van der Waals surface area contributed by atoms with Crippen molar-refractivity contribution in [1.82, 2.24) is 9.97 Å². The maximum absolute atomic E-state index is 12.0. The summed E-state index contributed by atoms with van der Waals surface area (Å²) in [6.07, 6.45) is 3.10. The van der Waals surface area contributed by atoms with Crippen LogP contribution in [0.3, 0.4) is 0 Å². The molecule has 0 radical (unpaired) electrons. The molecule has 0 fully saturated rings. The lowest BCUT2D eigenvalue weighted by Gasteiger charge is -2.06. The third kappa shape index (κ3) is 5.04. The molecule has 0 saturated carbocycles. The van der Waals surface area contributed by atoms with Crippen LogP contribution in [0.2, 0.25) is 0 Å². The molecule has 0 spiro atoms. The molecule has 1 aromatic heterocycles. The van der Waals surface area contributed by atoms with Gasteiger partial charge in [-0.3, -0.25) is 4.79 Å². The Morgan fingerprint density at radius 3 is 2.52 bits per heavy atom. The number of rotatable bonds is 5. The van der Waals surface area contributed by atoms with Gasteiger partial charge in [-0.05, 0) is 36.4 Å². The van der Waals surface area contributed by atoms with E-state index < -0.39 is 0 Å². The van der Waals surface area contributed by atoms with Crippen LogP contribution < -0.4 is 5.32 Å². The number of carbonyl (C=O) groups is 1. The predicted molar refractivity (Wildman–Crippen MR) is 103 cm³/mol. The molecule has 0 aliphatic heterocycles. The normalized spacial score (nSPS) is 10.4. The monoisotopic (exact) mass is 415 g/mol. The first-order chi connectivity index (χ1) is 12.1. The van der Waals surface area contributed by atoms with E-state index in [-0.39, 0.29) is 11.7 Å². The van der Waals surface area contributed by atoms with E-state index in [0.717, 1.165) is 9.37 Å². The third-order valence-corrected chi connectivity index (χ3v) is 4.76. The first-order valence-electron chi connectivity index (χ1n) is 7.40. The Kier molecular flexibility index (Phi) is 5.67. The Morgan fingerprint density at radius 1 is 1.12 bits per heavy atom. The quantitative estimate of drug-likeness (QED) is 0.606. The first kappa shape index (κ1) is 17.4. The molecule has 0 unspecified atom stereocenters. The molecule has 0 atom stereocenters. The SMILES string of the molecule is O=C(CSc1ccc(Br)cc1)Nc1cnc(-c2cccc(O)c2)nc1. The molecule has 2 N–H and O–H groups in total. The zero-order valence-corrected chi connectivity index (χ0v) is 15.4. The molecule has 3 aromatic rings. The predicted octanol–water partition coefficient (Wildman–Crippen LogP) is 4.34. The number of halogens is 1. The van der Waals surface area contributed by atoms with E-state index in [4.69, 9.17) is 0 Å². The van der Waals surface area contributed by atoms with Crippen molar-refractivity contribution in [3.05, 3.63) is 65.4 Å². The highest BCUT2D eigenvalue weighted by atomic mass is 79.9. The second kappa shape index (κ2) is 8.13. The second-order valence-electron chi connectivity index (χ2n) is 5.14. The minimum Gasteiger partial charge on any atom is -0.508 e. The summed E-state index contributed by atoms with van der Waals surface area (Å²) in [4.78, 5) is 21.5. The Morgan fingerprint density at radius 2 is 1.84 bits per heavy atom. The van der Waals surface area contributed by atoms with E-state index in [1.807, 2.05) is 30.3 Å². The summed E-state index contributed by atoms with van der Waals surface area (Å²) in [5.41, 5.74) is 1.24. The molecule has 3 rings (SSSR count). The zero-order valence-electron chi connectivity index (χ0n) is 13.0. The molecule has 0 saturated heterocycles. The standard InChI is InChI=1S/C18H14BrN3O2S/c19-13-4-6-16(7-5-13)25-11-17(24)22-14-9-20-18(21-10-14)12-2-1-3-15(23)8-12/h1-10,23H,11H2,(H,22,24). The lowest BCUT2D eigenvalue weighted by atomic mass is 10.2. The number of nitrogens with zero attached hydrogens (tertiary/aromatic N) is 2. The molecule has 0 aliphatic rings. The number of thioether (sulfide) groups is 1. The van der Waals surface area contributed by atoms with E-state index in [0.29, 0.717) is 22.8 Å². The Bertz CT molecular complexity index is 870. The van der Waals surface area contributed by atoms with Crippen LogP contribution in [0, 0.1) is 0 Å². The first-order valence-corrected chi connectivity index (χ1v) is 9.18. The molecular weight excluding hydrogens is 402 g/mol. The number of phenols is 1. The molecule has 1 amide bonds. The molecule has 0 bridgehead atoms. The Labute approximate surface area is 157 Å². The van der Waals surface area contributed by atoms with Gasteiger partial charge in [-0.2, -0.15) is 0 Å². The highest BCUT2D eigenvalue weighted by molar-refractivity contribution is 9.10. The number of amides is 1. The van der Waals surface area contributed by atoms with Crippen LogP contribution in [0.25, 0.3) is 11.4 Å². The summed E-state index contributed by atoms with van der Waals surface area (Å²) >= 11 is 4.84. The van der Waals surface area contributed by atoms with Crippen molar-refractivity contribution in [2.75, 3.05) is 11.1 Å². The van der Waals surface area contributed by atoms with Gasteiger partial charge in [-0.25, -0.2) is 9.97 Å². The van der Waals surface area contributed by atoms with Gasteiger partial charge in [0.1, 0.15) is 5.75 Å². The molecule has 126 valence electrons. The number of hydrogen-bond acceptors (Lipinski definition) is 5. The minimum absolute atomic E-state index is 0.123. The highest BCUT2D eigenvalue weighted by Gasteiger charge is 2.06. The summed E-state index contributed by atoms with van der Waals surface area (Å²) in [6, 6.07) is 14.5. The number of carbonyl (C=O) groups excluding carboxylic acids is 1. The van der Waals surface area contributed by atoms with Gasteiger partial charge < -0.3 is 10.4 Å². The van der Waals surface area contributed by atoms with Crippen molar-refractivity contribution in [1.29, 1.82) is 0 Å². The van der Waals surface area contributed by atoms with Crippen molar-refractivity contribution >= 4 is 39.3 Å². The second-order valence-corrected chi connectivity index (χ2v) is 7.10. The molecular formula is C18H14BrN3O2S. The molecule has 2 aromatic carbocycles. The fraction of sp³-hybridized carbons (Fsp3) is 0.0556. The van der Waals surface area contributed by atoms with Gasteiger partial charge in [0, 0.05) is 14.9 Å². The number of hydrogen-bond donors (Lipinski definition) is 2. The maximum atomic E-state index is 12.0. The van der Waals surface area contributed by atoms with E-state index >= 15 is 0 Å². The van der Waals surface area contributed by atoms with E-state index in [2.05, 4.69) is 31.2 Å². The lowest BCUT2D eigenvalue weighted by Crippen LogP contribution is -2.14. The van der Waals surface area contributed by atoms with Crippen molar-refractivity contribution in [2.24, 2.45) is 0 Å². The zero-order chi connectivity index (χ0) is 17.6. The molecule has 1 heterocycles. The van der Waals surface area contributed by atoms with E-state index in [1.54, 1.807) is 30.6 Å². The topological polar surface area (TPSA) is 75.1 Å². The van der Waals surface area contributed by atoms with Crippen molar-refractivity contribution < 1.29 is 9.90 Å². The van der Waals surface area contributed by atoms with Gasteiger partial charge in [-0.15, -0.1) is 11.8 Å². The molecule has 0 aliphatic carbocycles. The number of phenolic OH excluding ortho intramolecular Hbond substituents is 1. The molecule has 5 nitrogen and oxygen atoms in total. The van der Waals surface area contributed by atoms with Crippen molar-refractivity contribution in [2.45, 2.75) is 4.90 Å². The summed E-state index contributed by atoms with van der Waals surface area (Å²) in [5, 5.41) is 12.3. The maximum Gasteiger partial charge on any atom is 0.234 e. The van der Waals surface area contributed by atoms with Crippen LogP contribution in [0.1, 0.15) is 0 Å². The summed E-state index contributed by atoms with van der Waals surface area (Å²) in [5.74, 6) is 0.818. The number of benzene rings is 2. The summed E-state index contributed by atoms with van der Waals surface area (Å²) < 4.78 is 1.00. The van der Waals surface area contributed by atoms with Crippen LogP contribution in [-0.4, -0.2) is 26.7 Å². The highest BCUT2D eigenvalue weighted by Crippen LogP contribution is 2.22. The van der Waals surface area contributed by atoms with Gasteiger partial charge in [0.25, 0.3) is 0 Å². The van der Waals surface area contributed by atoms with Crippen molar-refractivity contribution in [3.8, 4) is 17.1 Å². The number of anilines is 1. The fourth-order valence-electron chi connectivity index (χ4n) is 2.06. The Balaban J connectivity index is 1.57. The van der Waals surface area contributed by atoms with Gasteiger partial charge in [-0.1, -0.05) is 28.1 Å². The van der Waals surface area contributed by atoms with Gasteiger partial charge in [0.2, 0.25) is 5.91 Å². The summed E-state index contributed by atoms with van der Waals surface area (Å²) in [7, 11) is 0.